The monoisotopic (exact) mass is 813 g/mol. The SMILES string of the molecule is CNC(=O)C1CCN(CCCOc2cccc(-c3cccc(COc4cc(OCc5cncc(C#N)c5)c(CN5CCCC[C@H]5C(=O)O)cc4Cl)c3C)c2Cl)CC1. The smallest absolute Gasteiger partial charge is 0.320 e. The number of piperidine rings is 2. The van der Waals surface area contributed by atoms with Gasteiger partial charge in [-0.25, -0.2) is 0 Å². The number of carbonyl (C=O) groups excluding carboxylic acids is 1. The Balaban J connectivity index is 1.14. The summed E-state index contributed by atoms with van der Waals surface area (Å²) in [5.41, 5.74) is 5.63. The summed E-state index contributed by atoms with van der Waals surface area (Å²) in [5.74, 6) is 0.942. The van der Waals surface area contributed by atoms with E-state index in [9.17, 15) is 20.0 Å². The number of nitrogens with one attached hydrogen (secondary N) is 1. The van der Waals surface area contributed by atoms with Gasteiger partial charge in [-0.15, -0.1) is 0 Å². The van der Waals surface area contributed by atoms with Crippen LogP contribution in [0.15, 0.2) is 67.0 Å². The molecule has 300 valence electrons. The maximum absolute atomic E-state index is 12.1. The lowest BCUT2D eigenvalue weighted by Gasteiger charge is -2.33. The highest BCUT2D eigenvalue weighted by Gasteiger charge is 2.30. The Morgan fingerprint density at radius 2 is 1.68 bits per heavy atom. The van der Waals surface area contributed by atoms with Crippen molar-refractivity contribution in [2.75, 3.05) is 39.8 Å². The number of carbonyl (C=O) groups is 2. The van der Waals surface area contributed by atoms with E-state index in [1.807, 2.05) is 48.2 Å². The number of carboxylic acid groups (broad SMARTS) is 1. The number of amides is 1. The van der Waals surface area contributed by atoms with Crippen LogP contribution in [0.3, 0.4) is 0 Å². The fourth-order valence-corrected chi connectivity index (χ4v) is 8.15. The zero-order valence-electron chi connectivity index (χ0n) is 32.4. The van der Waals surface area contributed by atoms with Crippen LogP contribution in [-0.2, 0) is 29.3 Å². The highest BCUT2D eigenvalue weighted by Crippen LogP contribution is 2.39. The van der Waals surface area contributed by atoms with E-state index in [4.69, 9.17) is 37.4 Å². The van der Waals surface area contributed by atoms with Gasteiger partial charge in [0.2, 0.25) is 5.91 Å². The fourth-order valence-electron chi connectivity index (χ4n) is 7.62. The largest absolute Gasteiger partial charge is 0.492 e. The first kappa shape index (κ1) is 41.8. The average Bonchev–Trinajstić information content (AvgIpc) is 3.23. The molecule has 4 aromatic rings. The summed E-state index contributed by atoms with van der Waals surface area (Å²) in [6, 6.07) is 18.6. The van der Waals surface area contributed by atoms with Gasteiger partial charge in [-0.3, -0.25) is 19.5 Å². The van der Waals surface area contributed by atoms with Crippen LogP contribution in [0.2, 0.25) is 10.0 Å². The summed E-state index contributed by atoms with van der Waals surface area (Å²) in [5, 5.41) is 22.9. The topological polar surface area (TPSA) is 137 Å². The Bertz CT molecular complexity index is 2080. The van der Waals surface area contributed by atoms with Gasteiger partial charge in [-0.2, -0.15) is 5.26 Å². The standard InChI is InChI=1S/C44H49Cl2N5O6/c1-29-33(8-5-9-35(29)36-10-6-12-39(42(36)46)55-19-7-15-50-17-13-32(14-18-50)43(52)48-2)28-57-41-22-40(56-27-31-20-30(23-47)24-49-25-31)34(21-37(41)45)26-51-16-4-3-11-38(51)44(53)54/h5-6,8-10,12,20-22,24-25,32,38H,3-4,7,11,13-19,26-28H2,1-2H3,(H,48,52)(H,53,54)/t38-/m0/s1. The van der Waals surface area contributed by atoms with Crippen LogP contribution in [0.4, 0.5) is 0 Å². The molecule has 2 fully saturated rings. The van der Waals surface area contributed by atoms with Crippen molar-refractivity contribution in [1.82, 2.24) is 20.1 Å². The Hall–Kier alpha value is -4.86. The van der Waals surface area contributed by atoms with Gasteiger partial charge >= 0.3 is 5.97 Å². The maximum Gasteiger partial charge on any atom is 0.320 e. The predicted octanol–water partition coefficient (Wildman–Crippen LogP) is 8.06. The van der Waals surface area contributed by atoms with E-state index in [1.165, 1.54) is 6.20 Å². The Morgan fingerprint density at radius 1 is 0.912 bits per heavy atom. The summed E-state index contributed by atoms with van der Waals surface area (Å²) in [4.78, 5) is 32.5. The third-order valence-electron chi connectivity index (χ3n) is 10.9. The minimum Gasteiger partial charge on any atom is -0.492 e. The molecule has 2 aliphatic heterocycles. The second-order valence-corrected chi connectivity index (χ2v) is 15.4. The van der Waals surface area contributed by atoms with E-state index >= 15 is 0 Å². The third kappa shape index (κ3) is 10.8. The van der Waals surface area contributed by atoms with Crippen LogP contribution < -0.4 is 19.5 Å². The van der Waals surface area contributed by atoms with Crippen LogP contribution in [0.5, 0.6) is 17.2 Å². The van der Waals surface area contributed by atoms with E-state index in [-0.39, 0.29) is 25.0 Å². The zero-order valence-corrected chi connectivity index (χ0v) is 34.0. The van der Waals surface area contributed by atoms with Crippen molar-refractivity contribution in [3.63, 3.8) is 0 Å². The molecule has 11 nitrogen and oxygen atoms in total. The molecular weight excluding hydrogens is 765 g/mol. The molecular formula is C44H49Cl2N5O6. The number of carboxylic acids is 1. The third-order valence-corrected chi connectivity index (χ3v) is 11.6. The number of halogens is 2. The molecule has 0 unspecified atom stereocenters. The normalized spacial score (nSPS) is 16.4. The molecule has 13 heteroatoms. The lowest BCUT2D eigenvalue weighted by atomic mass is 9.96. The van der Waals surface area contributed by atoms with Crippen molar-refractivity contribution < 1.29 is 28.9 Å². The number of hydrogen-bond acceptors (Lipinski definition) is 9. The predicted molar refractivity (Wildman–Crippen MR) is 220 cm³/mol. The minimum atomic E-state index is -0.844. The molecule has 3 aromatic carbocycles. The lowest BCUT2D eigenvalue weighted by Crippen LogP contribution is -2.44. The number of benzene rings is 3. The number of hydrogen-bond donors (Lipinski definition) is 2. The molecule has 1 atom stereocenters. The van der Waals surface area contributed by atoms with Crippen molar-refractivity contribution in [1.29, 1.82) is 5.26 Å². The second-order valence-electron chi connectivity index (χ2n) is 14.6. The number of rotatable bonds is 16. The van der Waals surface area contributed by atoms with Crippen LogP contribution in [0.25, 0.3) is 11.1 Å². The number of aliphatic carboxylic acids is 1. The highest BCUT2D eigenvalue weighted by molar-refractivity contribution is 6.35. The Labute approximate surface area is 344 Å². The number of pyridine rings is 1. The van der Waals surface area contributed by atoms with E-state index in [2.05, 4.69) is 21.3 Å². The van der Waals surface area contributed by atoms with Crippen LogP contribution in [0, 0.1) is 24.2 Å². The summed E-state index contributed by atoms with van der Waals surface area (Å²) in [6.07, 6.45) is 8.09. The van der Waals surface area contributed by atoms with Gasteiger partial charge in [0.15, 0.2) is 0 Å². The van der Waals surface area contributed by atoms with Crippen molar-refractivity contribution in [3.05, 3.63) is 105 Å². The molecule has 0 radical (unpaired) electrons. The van der Waals surface area contributed by atoms with Crippen LogP contribution in [-0.4, -0.2) is 77.6 Å². The number of nitrogens with zero attached hydrogens (tertiary/aromatic N) is 4. The Kier molecular flexibility index (Phi) is 14.7. The molecule has 2 aliphatic rings. The van der Waals surface area contributed by atoms with Gasteiger partial charge in [-0.1, -0.05) is 60.0 Å². The van der Waals surface area contributed by atoms with Gasteiger partial charge in [0.25, 0.3) is 0 Å². The average molecular weight is 815 g/mol. The molecule has 0 bridgehead atoms. The molecule has 2 saturated heterocycles. The first-order valence-corrected chi connectivity index (χ1v) is 20.2. The maximum atomic E-state index is 12.1. The first-order chi connectivity index (χ1) is 27.6. The number of nitriles is 1. The van der Waals surface area contributed by atoms with Gasteiger partial charge in [0.1, 0.15) is 42.6 Å². The van der Waals surface area contributed by atoms with Crippen LogP contribution >= 0.6 is 23.2 Å². The van der Waals surface area contributed by atoms with Crippen molar-refractivity contribution in [2.45, 2.75) is 71.2 Å². The van der Waals surface area contributed by atoms with Gasteiger partial charge in [0.05, 0.1) is 22.2 Å². The molecule has 1 amide bonds. The summed E-state index contributed by atoms with van der Waals surface area (Å²) in [7, 11) is 1.70. The molecule has 0 saturated carbocycles. The molecule has 6 rings (SSSR count). The van der Waals surface area contributed by atoms with E-state index < -0.39 is 12.0 Å². The van der Waals surface area contributed by atoms with Crippen LogP contribution in [0.1, 0.15) is 66.3 Å². The first-order valence-electron chi connectivity index (χ1n) is 19.5. The molecule has 0 aliphatic carbocycles. The second kappa shape index (κ2) is 20.0. The van der Waals surface area contributed by atoms with Crippen molar-refractivity contribution in [2.24, 2.45) is 5.92 Å². The van der Waals surface area contributed by atoms with Crippen molar-refractivity contribution >= 4 is 35.1 Å². The molecule has 3 heterocycles. The quantitative estimate of drug-likeness (QED) is 0.107. The number of likely N-dealkylation sites (tertiary alicyclic amines) is 2. The molecule has 0 spiro atoms. The highest BCUT2D eigenvalue weighted by atomic mass is 35.5. The number of aromatic nitrogens is 1. The van der Waals surface area contributed by atoms with E-state index in [0.29, 0.717) is 59.0 Å². The van der Waals surface area contributed by atoms with Gasteiger partial charge in [0, 0.05) is 61.2 Å². The summed E-state index contributed by atoms with van der Waals surface area (Å²) in [6.45, 7) is 6.62. The fraction of sp³-hybridized carbons (Fsp3) is 0.409. The molecule has 2 N–H and O–H groups in total. The Morgan fingerprint density at radius 3 is 2.46 bits per heavy atom. The van der Waals surface area contributed by atoms with Gasteiger partial charge < -0.3 is 29.5 Å². The molecule has 1 aromatic heterocycles. The van der Waals surface area contributed by atoms with Gasteiger partial charge in [-0.05, 0) is 93.6 Å². The summed E-state index contributed by atoms with van der Waals surface area (Å²) >= 11 is 13.8. The lowest BCUT2D eigenvalue weighted by molar-refractivity contribution is -0.144. The zero-order chi connectivity index (χ0) is 40.3. The minimum absolute atomic E-state index is 0.102. The van der Waals surface area contributed by atoms with E-state index in [0.717, 1.165) is 85.1 Å². The van der Waals surface area contributed by atoms with Crippen molar-refractivity contribution in [3.8, 4) is 34.4 Å². The number of ether oxygens (including phenoxy) is 3. The van der Waals surface area contributed by atoms with E-state index in [1.54, 1.807) is 31.4 Å². The summed E-state index contributed by atoms with van der Waals surface area (Å²) < 4.78 is 18.9. The molecule has 57 heavy (non-hydrogen) atoms.